The van der Waals surface area contributed by atoms with Crippen molar-refractivity contribution in [3.8, 4) is 5.75 Å². The number of nitrogens with zero attached hydrogens (tertiary/aromatic N) is 3. The lowest BCUT2D eigenvalue weighted by Gasteiger charge is -2.30. The van der Waals surface area contributed by atoms with E-state index < -0.39 is 138 Å². The number of phenols is 1. The Bertz CT molecular complexity index is 2320. The standard InChI is InChI=1S/C46H76N18O13S/c1-23(48)37(70)58-27(8-4-16-55-45(51)52)38(71)59-28(9-5-17-56-46(53)54)39(72)63-32(22-78)42(75)60-29(19-24-11-13-25(65)14-12-24)40(73)61-30(20-34(49)66)41(74)62-31(21-35(67)68)44(77)64-18-6-10-33(64)43(76)57-26(36(50)69)7-2-3-15-47/h11-14,23,26-33,65,78H,2-10,15-22,47-48H2,1H3,(H2,49,66)(H2,50,69)(H,57,76)(H,58,70)(H,59,71)(H,60,75)(H,61,73)(H,62,74)(H,63,72)(H,67,68)(H4,51,52,55)(H4,53,54,56)/t23-,26-,27-,28-,29-,30-,31-,32-,33-/m0/s1. The molecule has 10 amide bonds. The van der Waals surface area contributed by atoms with Crippen LogP contribution >= 0.6 is 12.6 Å². The van der Waals surface area contributed by atoms with Crippen LogP contribution in [0.4, 0.5) is 0 Å². The van der Waals surface area contributed by atoms with Gasteiger partial charge in [0.1, 0.15) is 54.1 Å². The Kier molecular flexibility index (Phi) is 28.7. The maximum Gasteiger partial charge on any atom is 0.305 e. The van der Waals surface area contributed by atoms with Gasteiger partial charge in [-0.15, -0.1) is 0 Å². The second kappa shape index (κ2) is 33.9. The van der Waals surface area contributed by atoms with Gasteiger partial charge in [0.05, 0.1) is 18.9 Å². The minimum Gasteiger partial charge on any atom is -0.508 e. The highest BCUT2D eigenvalue weighted by atomic mass is 32.1. The van der Waals surface area contributed by atoms with E-state index in [9.17, 15) is 63.0 Å². The van der Waals surface area contributed by atoms with Crippen molar-refractivity contribution >= 4 is 89.6 Å². The maximum absolute atomic E-state index is 14.3. The lowest BCUT2D eigenvalue weighted by atomic mass is 10.0. The number of hydrogen-bond acceptors (Lipinski definition) is 17. The number of aliphatic imine (C=N–C) groups is 2. The monoisotopic (exact) mass is 1120 g/mol. The van der Waals surface area contributed by atoms with Gasteiger partial charge >= 0.3 is 5.97 Å². The van der Waals surface area contributed by atoms with Crippen molar-refractivity contribution in [1.29, 1.82) is 0 Å². The van der Waals surface area contributed by atoms with Gasteiger partial charge in [0, 0.05) is 31.8 Å². The number of carboxylic acids is 1. The molecule has 0 radical (unpaired) electrons. The average Bonchev–Trinajstić information content (AvgIpc) is 3.86. The van der Waals surface area contributed by atoms with E-state index in [1.165, 1.54) is 31.2 Å². The van der Waals surface area contributed by atoms with Crippen LogP contribution in [-0.4, -0.2) is 178 Å². The number of carbonyl (C=O) groups is 11. The summed E-state index contributed by atoms with van der Waals surface area (Å²) in [6.45, 7) is 1.75. The lowest BCUT2D eigenvalue weighted by Crippen LogP contribution is -2.61. The number of aliphatic carboxylic acids is 1. The molecule has 78 heavy (non-hydrogen) atoms. The molecule has 31 nitrogen and oxygen atoms in total. The summed E-state index contributed by atoms with van der Waals surface area (Å²) in [6, 6.07) is -7.64. The number of likely N-dealkylation sites (tertiary alicyclic amines) is 1. The number of unbranched alkanes of at least 4 members (excludes halogenated alkanes) is 1. The zero-order chi connectivity index (χ0) is 58.6. The molecule has 1 aromatic carbocycles. The van der Waals surface area contributed by atoms with Crippen LogP contribution in [0.25, 0.3) is 0 Å². The van der Waals surface area contributed by atoms with E-state index in [4.69, 9.17) is 45.9 Å². The van der Waals surface area contributed by atoms with Crippen LogP contribution in [-0.2, 0) is 59.2 Å². The SMILES string of the molecule is C[C@H](N)C(=O)N[C@@H](CCCN=C(N)N)C(=O)N[C@@H](CCCN=C(N)N)C(=O)N[C@@H](CS)C(=O)N[C@@H](Cc1ccc(O)cc1)C(=O)N[C@@H](CC(N)=O)C(=O)N[C@@H](CC(=O)O)C(=O)N1CCC[C@H]1C(=O)N[C@@H](CCCCN)C(N)=O. The van der Waals surface area contributed by atoms with Crippen molar-refractivity contribution < 1.29 is 63.0 Å². The smallest absolute Gasteiger partial charge is 0.305 e. The normalized spacial score (nSPS) is 15.9. The van der Waals surface area contributed by atoms with Crippen LogP contribution in [0.3, 0.4) is 0 Å². The van der Waals surface area contributed by atoms with Crippen molar-refractivity contribution in [3.63, 3.8) is 0 Å². The first-order valence-electron chi connectivity index (χ1n) is 25.0. The van der Waals surface area contributed by atoms with E-state index in [1.807, 2.05) is 0 Å². The molecule has 1 heterocycles. The summed E-state index contributed by atoms with van der Waals surface area (Å²) in [4.78, 5) is 156. The Morgan fingerprint density at radius 1 is 0.628 bits per heavy atom. The molecular formula is C46H76N18O13S. The molecule has 0 aromatic heterocycles. The summed E-state index contributed by atoms with van der Waals surface area (Å²) in [5, 5.41) is 36.9. The molecule has 434 valence electrons. The highest BCUT2D eigenvalue weighted by Crippen LogP contribution is 2.21. The number of aromatic hydroxyl groups is 1. The molecule has 32 heteroatoms. The molecule has 0 aliphatic carbocycles. The predicted octanol–water partition coefficient (Wildman–Crippen LogP) is -7.33. The molecule has 9 atom stereocenters. The first-order chi connectivity index (χ1) is 36.8. The van der Waals surface area contributed by atoms with E-state index in [2.05, 4.69) is 59.8 Å². The van der Waals surface area contributed by atoms with E-state index in [0.717, 1.165) is 4.90 Å². The van der Waals surface area contributed by atoms with Gasteiger partial charge in [-0.25, -0.2) is 0 Å². The summed E-state index contributed by atoms with van der Waals surface area (Å²) in [7, 11) is 0. The number of carbonyl (C=O) groups excluding carboxylic acids is 10. The van der Waals surface area contributed by atoms with Crippen LogP contribution in [0.2, 0.25) is 0 Å². The zero-order valence-corrected chi connectivity index (χ0v) is 44.2. The quantitative estimate of drug-likeness (QED) is 0.0130. The van der Waals surface area contributed by atoms with Gasteiger partial charge in [-0.1, -0.05) is 12.1 Å². The highest BCUT2D eigenvalue weighted by molar-refractivity contribution is 7.80. The third kappa shape index (κ3) is 23.9. The van der Waals surface area contributed by atoms with E-state index in [0.29, 0.717) is 24.9 Å². The van der Waals surface area contributed by atoms with Gasteiger partial charge < -0.3 is 98.2 Å². The summed E-state index contributed by atoms with van der Waals surface area (Å²) in [6.07, 6.45) is -0.598. The molecule has 2 rings (SSSR count). The van der Waals surface area contributed by atoms with Gasteiger partial charge in [0.15, 0.2) is 11.9 Å². The van der Waals surface area contributed by atoms with Crippen LogP contribution < -0.4 is 83.1 Å². The average molecular weight is 1120 g/mol. The van der Waals surface area contributed by atoms with Crippen molar-refractivity contribution in [3.05, 3.63) is 29.8 Å². The van der Waals surface area contributed by atoms with Gasteiger partial charge in [-0.2, -0.15) is 12.6 Å². The zero-order valence-electron chi connectivity index (χ0n) is 43.3. The molecule has 25 N–H and O–H groups in total. The van der Waals surface area contributed by atoms with Crippen LogP contribution in [0.15, 0.2) is 34.3 Å². The Morgan fingerprint density at radius 3 is 1.60 bits per heavy atom. The molecule has 1 fully saturated rings. The number of guanidine groups is 2. The number of nitrogens with one attached hydrogen (secondary N) is 7. The molecule has 1 aliphatic rings. The molecular weight excluding hydrogens is 1040 g/mol. The first-order valence-corrected chi connectivity index (χ1v) is 25.6. The summed E-state index contributed by atoms with van der Waals surface area (Å²) < 4.78 is 0. The molecule has 1 saturated heterocycles. The third-order valence-electron chi connectivity index (χ3n) is 11.9. The number of phenolic OH excluding ortho intramolecular Hbond substituents is 1. The Morgan fingerprint density at radius 2 is 1.10 bits per heavy atom. The molecule has 1 aliphatic heterocycles. The second-order valence-electron chi connectivity index (χ2n) is 18.3. The Labute approximate surface area is 455 Å². The molecule has 0 bridgehead atoms. The fourth-order valence-corrected chi connectivity index (χ4v) is 8.07. The number of rotatable bonds is 35. The summed E-state index contributed by atoms with van der Waals surface area (Å²) >= 11 is 4.24. The van der Waals surface area contributed by atoms with Crippen LogP contribution in [0.5, 0.6) is 5.75 Å². The molecule has 0 spiro atoms. The number of amides is 10. The van der Waals surface area contributed by atoms with E-state index >= 15 is 0 Å². The Balaban J connectivity index is 2.46. The minimum atomic E-state index is -1.92. The number of thiol groups is 1. The molecule has 0 unspecified atom stereocenters. The number of carboxylic acid groups (broad SMARTS) is 1. The van der Waals surface area contributed by atoms with Crippen LogP contribution in [0.1, 0.15) is 83.1 Å². The van der Waals surface area contributed by atoms with Gasteiger partial charge in [0.2, 0.25) is 59.1 Å². The number of primary amides is 2. The fraction of sp³-hybridized carbons (Fsp3) is 0.587. The molecule has 0 saturated carbocycles. The number of nitrogens with two attached hydrogens (primary N) is 8. The van der Waals surface area contributed by atoms with Gasteiger partial charge in [-0.05, 0) is 89.0 Å². The molecule has 1 aromatic rings. The summed E-state index contributed by atoms with van der Waals surface area (Å²) in [5.41, 5.74) is 44.3. The van der Waals surface area contributed by atoms with Crippen LogP contribution in [0, 0.1) is 0 Å². The van der Waals surface area contributed by atoms with Crippen molar-refractivity contribution in [1.82, 2.24) is 42.1 Å². The first kappa shape index (κ1) is 66.1. The predicted molar refractivity (Wildman–Crippen MR) is 286 cm³/mol. The lowest BCUT2D eigenvalue weighted by molar-refractivity contribution is -0.146. The van der Waals surface area contributed by atoms with Crippen molar-refractivity contribution in [2.45, 2.75) is 138 Å². The Hall–Kier alpha value is -8.00. The van der Waals surface area contributed by atoms with Gasteiger partial charge in [0.25, 0.3) is 0 Å². The summed E-state index contributed by atoms with van der Waals surface area (Å²) in [5.74, 6) is -12.2. The van der Waals surface area contributed by atoms with E-state index in [1.54, 1.807) is 0 Å². The highest BCUT2D eigenvalue weighted by Gasteiger charge is 2.41. The van der Waals surface area contributed by atoms with Gasteiger partial charge in [-0.3, -0.25) is 62.7 Å². The van der Waals surface area contributed by atoms with Crippen molar-refractivity contribution in [2.75, 3.05) is 31.9 Å². The topological polar surface area (TPSA) is 549 Å². The van der Waals surface area contributed by atoms with E-state index in [-0.39, 0.29) is 88.7 Å². The third-order valence-corrected chi connectivity index (χ3v) is 12.2. The second-order valence-corrected chi connectivity index (χ2v) is 18.7. The number of hydrogen-bond donors (Lipinski definition) is 18. The maximum atomic E-state index is 14.3. The number of benzene rings is 1. The largest absolute Gasteiger partial charge is 0.508 e. The minimum absolute atomic E-state index is 0.00438. The van der Waals surface area contributed by atoms with Crippen molar-refractivity contribution in [2.24, 2.45) is 55.9 Å². The fourth-order valence-electron chi connectivity index (χ4n) is 7.82.